The minimum atomic E-state index is 0.520. The number of methoxy groups -OCH3 is 2. The van der Waals surface area contributed by atoms with E-state index in [0.29, 0.717) is 11.6 Å². The first kappa shape index (κ1) is 12.4. The van der Waals surface area contributed by atoms with E-state index in [1.807, 2.05) is 17.5 Å². The highest BCUT2D eigenvalue weighted by Crippen LogP contribution is 2.34. The molecule has 17 heavy (non-hydrogen) atoms. The lowest BCUT2D eigenvalue weighted by Crippen LogP contribution is -1.89. The van der Waals surface area contributed by atoms with Crippen molar-refractivity contribution in [3.05, 3.63) is 34.3 Å². The summed E-state index contributed by atoms with van der Waals surface area (Å²) in [6.45, 7) is 0.520. The molecular formula is C12H12ClNO2S. The van der Waals surface area contributed by atoms with Gasteiger partial charge in [0.15, 0.2) is 0 Å². The summed E-state index contributed by atoms with van der Waals surface area (Å²) in [5.74, 6) is 0.732. The lowest BCUT2D eigenvalue weighted by molar-refractivity contribution is 0.182. The van der Waals surface area contributed by atoms with Gasteiger partial charge in [-0.3, -0.25) is 0 Å². The molecule has 0 atom stereocenters. The zero-order valence-corrected chi connectivity index (χ0v) is 11.1. The Bertz CT molecular complexity index is 513. The second kappa shape index (κ2) is 5.49. The van der Waals surface area contributed by atoms with Gasteiger partial charge in [-0.05, 0) is 18.2 Å². The van der Waals surface area contributed by atoms with Crippen LogP contribution in [0.5, 0.6) is 5.75 Å². The normalized spacial score (nSPS) is 10.5. The molecule has 1 aromatic heterocycles. The average molecular weight is 270 g/mol. The molecule has 0 aliphatic carbocycles. The SMILES string of the molecule is COCc1csc(-c2ccc(Cl)cc2OC)n1. The van der Waals surface area contributed by atoms with E-state index in [1.54, 1.807) is 31.6 Å². The van der Waals surface area contributed by atoms with Gasteiger partial charge in [-0.1, -0.05) is 11.6 Å². The Morgan fingerprint density at radius 3 is 2.88 bits per heavy atom. The largest absolute Gasteiger partial charge is 0.496 e. The van der Waals surface area contributed by atoms with Crippen LogP contribution in [0.15, 0.2) is 23.6 Å². The van der Waals surface area contributed by atoms with Crippen molar-refractivity contribution in [2.75, 3.05) is 14.2 Å². The highest BCUT2D eigenvalue weighted by Gasteiger charge is 2.10. The molecule has 1 heterocycles. The molecule has 0 saturated carbocycles. The van der Waals surface area contributed by atoms with Gasteiger partial charge in [-0.25, -0.2) is 4.98 Å². The summed E-state index contributed by atoms with van der Waals surface area (Å²) in [4.78, 5) is 4.48. The lowest BCUT2D eigenvalue weighted by atomic mass is 10.2. The lowest BCUT2D eigenvalue weighted by Gasteiger charge is -2.05. The molecule has 0 spiro atoms. The first-order valence-electron chi connectivity index (χ1n) is 5.02. The van der Waals surface area contributed by atoms with Gasteiger partial charge in [0.1, 0.15) is 10.8 Å². The molecule has 0 unspecified atom stereocenters. The second-order valence-electron chi connectivity index (χ2n) is 3.42. The number of ether oxygens (including phenoxy) is 2. The number of nitrogens with zero attached hydrogens (tertiary/aromatic N) is 1. The zero-order chi connectivity index (χ0) is 12.3. The van der Waals surface area contributed by atoms with Crippen molar-refractivity contribution < 1.29 is 9.47 Å². The molecule has 0 radical (unpaired) electrons. The van der Waals surface area contributed by atoms with E-state index in [1.165, 1.54) is 0 Å². The highest BCUT2D eigenvalue weighted by atomic mass is 35.5. The molecule has 2 rings (SSSR count). The summed E-state index contributed by atoms with van der Waals surface area (Å²) in [5, 5.41) is 3.54. The van der Waals surface area contributed by atoms with E-state index in [-0.39, 0.29) is 0 Å². The van der Waals surface area contributed by atoms with Gasteiger partial charge in [0.25, 0.3) is 0 Å². The second-order valence-corrected chi connectivity index (χ2v) is 4.72. The predicted octanol–water partition coefficient (Wildman–Crippen LogP) is 3.62. The number of benzene rings is 1. The summed E-state index contributed by atoms with van der Waals surface area (Å²) in [5.41, 5.74) is 1.87. The molecule has 0 N–H and O–H groups in total. The highest BCUT2D eigenvalue weighted by molar-refractivity contribution is 7.13. The Morgan fingerprint density at radius 1 is 1.35 bits per heavy atom. The van der Waals surface area contributed by atoms with Crippen LogP contribution >= 0.6 is 22.9 Å². The summed E-state index contributed by atoms with van der Waals surface area (Å²) < 4.78 is 10.3. The average Bonchev–Trinajstić information content (AvgIpc) is 2.78. The van der Waals surface area contributed by atoms with Gasteiger partial charge in [0.05, 0.1) is 25.0 Å². The topological polar surface area (TPSA) is 31.4 Å². The Morgan fingerprint density at radius 2 is 2.18 bits per heavy atom. The van der Waals surface area contributed by atoms with Gasteiger partial charge in [0.2, 0.25) is 0 Å². The Labute approximate surface area is 109 Å². The smallest absolute Gasteiger partial charge is 0.130 e. The molecule has 5 heteroatoms. The molecule has 2 aromatic rings. The van der Waals surface area contributed by atoms with Crippen LogP contribution in [0.4, 0.5) is 0 Å². The van der Waals surface area contributed by atoms with E-state index < -0.39 is 0 Å². The Balaban J connectivity index is 2.37. The van der Waals surface area contributed by atoms with E-state index in [9.17, 15) is 0 Å². The minimum Gasteiger partial charge on any atom is -0.496 e. The first-order valence-corrected chi connectivity index (χ1v) is 6.27. The third-order valence-corrected chi connectivity index (χ3v) is 3.40. The van der Waals surface area contributed by atoms with Crippen molar-refractivity contribution in [2.45, 2.75) is 6.61 Å². The standard InChI is InChI=1S/C12H12ClNO2S/c1-15-6-9-7-17-12(14-9)10-4-3-8(13)5-11(10)16-2/h3-5,7H,6H2,1-2H3. The van der Waals surface area contributed by atoms with Crippen molar-refractivity contribution in [2.24, 2.45) is 0 Å². The van der Waals surface area contributed by atoms with E-state index >= 15 is 0 Å². The van der Waals surface area contributed by atoms with E-state index in [0.717, 1.165) is 22.0 Å². The molecule has 0 aliphatic rings. The van der Waals surface area contributed by atoms with Crippen LogP contribution in [-0.4, -0.2) is 19.2 Å². The fraction of sp³-hybridized carbons (Fsp3) is 0.250. The van der Waals surface area contributed by atoms with Gasteiger partial charge in [-0.15, -0.1) is 11.3 Å². The first-order chi connectivity index (χ1) is 8.24. The van der Waals surface area contributed by atoms with Crippen molar-refractivity contribution in [3.8, 4) is 16.3 Å². The van der Waals surface area contributed by atoms with Crippen molar-refractivity contribution in [1.82, 2.24) is 4.98 Å². The van der Waals surface area contributed by atoms with Crippen molar-refractivity contribution >= 4 is 22.9 Å². The number of hydrogen-bond donors (Lipinski definition) is 0. The maximum absolute atomic E-state index is 5.92. The van der Waals surface area contributed by atoms with Crippen molar-refractivity contribution in [3.63, 3.8) is 0 Å². The minimum absolute atomic E-state index is 0.520. The fourth-order valence-corrected chi connectivity index (χ4v) is 2.48. The molecule has 0 aliphatic heterocycles. The molecule has 0 bridgehead atoms. The number of halogens is 1. The summed E-state index contributed by atoms with van der Waals surface area (Å²) in [6, 6.07) is 5.53. The molecule has 90 valence electrons. The van der Waals surface area contributed by atoms with Gasteiger partial charge >= 0.3 is 0 Å². The number of thiazole rings is 1. The Kier molecular flexibility index (Phi) is 3.99. The number of rotatable bonds is 4. The van der Waals surface area contributed by atoms with E-state index in [4.69, 9.17) is 21.1 Å². The van der Waals surface area contributed by atoms with Crippen LogP contribution in [0, 0.1) is 0 Å². The van der Waals surface area contributed by atoms with Crippen LogP contribution < -0.4 is 4.74 Å². The van der Waals surface area contributed by atoms with Crippen LogP contribution in [0.3, 0.4) is 0 Å². The van der Waals surface area contributed by atoms with E-state index in [2.05, 4.69) is 4.98 Å². The number of aromatic nitrogens is 1. The van der Waals surface area contributed by atoms with Crippen LogP contribution in [-0.2, 0) is 11.3 Å². The molecule has 0 saturated heterocycles. The molecule has 3 nitrogen and oxygen atoms in total. The summed E-state index contributed by atoms with van der Waals surface area (Å²) >= 11 is 7.48. The monoisotopic (exact) mass is 269 g/mol. The molecular weight excluding hydrogens is 258 g/mol. The molecule has 0 fully saturated rings. The maximum atomic E-state index is 5.92. The molecule has 0 amide bonds. The third-order valence-electron chi connectivity index (χ3n) is 2.24. The van der Waals surface area contributed by atoms with Crippen LogP contribution in [0.2, 0.25) is 5.02 Å². The number of hydrogen-bond acceptors (Lipinski definition) is 4. The van der Waals surface area contributed by atoms with Gasteiger partial charge in [-0.2, -0.15) is 0 Å². The van der Waals surface area contributed by atoms with Gasteiger partial charge in [0, 0.05) is 17.5 Å². The van der Waals surface area contributed by atoms with Gasteiger partial charge < -0.3 is 9.47 Å². The predicted molar refractivity (Wildman–Crippen MR) is 69.8 cm³/mol. The fourth-order valence-electron chi connectivity index (χ4n) is 1.49. The van der Waals surface area contributed by atoms with Crippen molar-refractivity contribution in [1.29, 1.82) is 0 Å². The maximum Gasteiger partial charge on any atom is 0.130 e. The summed E-state index contributed by atoms with van der Waals surface area (Å²) in [7, 11) is 3.28. The van der Waals surface area contributed by atoms with Crippen LogP contribution in [0.1, 0.15) is 5.69 Å². The Hall–Kier alpha value is -1.10. The molecule has 1 aromatic carbocycles. The zero-order valence-electron chi connectivity index (χ0n) is 9.57. The van der Waals surface area contributed by atoms with Crippen LogP contribution in [0.25, 0.3) is 10.6 Å². The summed E-state index contributed by atoms with van der Waals surface area (Å²) in [6.07, 6.45) is 0. The quantitative estimate of drug-likeness (QED) is 0.850. The third kappa shape index (κ3) is 2.77.